The first-order chi connectivity index (χ1) is 17.6. The topological polar surface area (TPSA) is 59.6 Å². The van der Waals surface area contributed by atoms with E-state index in [4.69, 9.17) is 9.47 Å². The first kappa shape index (κ1) is 23.8. The molecule has 6 heteroatoms. The molecule has 0 aromatic heterocycles. The molecule has 1 aliphatic carbocycles. The Kier molecular flexibility index (Phi) is 5.30. The molecule has 2 aliphatic heterocycles. The third-order valence-corrected chi connectivity index (χ3v) is 8.32. The minimum atomic E-state index is -0.553. The van der Waals surface area contributed by atoms with Crippen LogP contribution >= 0.6 is 0 Å². The minimum absolute atomic E-state index is 0.0135. The molecule has 1 fully saturated rings. The maximum atomic E-state index is 14.8. The molecule has 0 bridgehead atoms. The Hall–Kier alpha value is -3.54. The number of amides is 1. The third kappa shape index (κ3) is 3.94. The van der Waals surface area contributed by atoms with Crippen molar-refractivity contribution in [3.63, 3.8) is 0 Å². The van der Waals surface area contributed by atoms with Crippen LogP contribution in [0.15, 0.2) is 60.7 Å². The minimum Gasteiger partial charge on any atom is -0.454 e. The lowest BCUT2D eigenvalue weighted by Crippen LogP contribution is -2.47. The molecular formula is C31H33FN2O3. The van der Waals surface area contributed by atoms with Crippen LogP contribution in [0.1, 0.15) is 57.2 Å². The molecule has 2 N–H and O–H groups in total. The number of fused-ring (bicyclic) bond motifs is 2. The van der Waals surface area contributed by atoms with Gasteiger partial charge in [-0.2, -0.15) is 0 Å². The van der Waals surface area contributed by atoms with Gasteiger partial charge in [-0.3, -0.25) is 4.79 Å². The molecule has 3 aromatic carbocycles. The Morgan fingerprint density at radius 1 is 1.05 bits per heavy atom. The number of hydrogen-bond acceptors (Lipinski definition) is 4. The summed E-state index contributed by atoms with van der Waals surface area (Å²) in [5.41, 5.74) is 3.55. The predicted molar refractivity (Wildman–Crippen MR) is 143 cm³/mol. The number of halogens is 1. The fourth-order valence-electron chi connectivity index (χ4n) is 6.31. The summed E-state index contributed by atoms with van der Waals surface area (Å²) < 4.78 is 25.7. The summed E-state index contributed by atoms with van der Waals surface area (Å²) in [7, 11) is 0. The molecule has 0 radical (unpaired) electrons. The summed E-state index contributed by atoms with van der Waals surface area (Å²) in [4.78, 5) is 13.6. The highest BCUT2D eigenvalue weighted by molar-refractivity contribution is 6.01. The van der Waals surface area contributed by atoms with Gasteiger partial charge < -0.3 is 20.1 Å². The van der Waals surface area contributed by atoms with Crippen LogP contribution in [0.4, 0.5) is 15.8 Å². The molecule has 5 nitrogen and oxygen atoms in total. The van der Waals surface area contributed by atoms with Gasteiger partial charge in [-0.1, -0.05) is 52.0 Å². The van der Waals surface area contributed by atoms with E-state index >= 15 is 0 Å². The number of anilines is 2. The second-order valence-corrected chi connectivity index (χ2v) is 12.0. The Morgan fingerprint density at radius 3 is 2.54 bits per heavy atom. The van der Waals surface area contributed by atoms with Crippen molar-refractivity contribution < 1.29 is 18.7 Å². The van der Waals surface area contributed by atoms with E-state index in [9.17, 15) is 9.18 Å². The van der Waals surface area contributed by atoms with Gasteiger partial charge in [0, 0.05) is 22.8 Å². The van der Waals surface area contributed by atoms with E-state index in [1.54, 1.807) is 6.07 Å². The van der Waals surface area contributed by atoms with Crippen LogP contribution in [0.5, 0.6) is 11.5 Å². The van der Waals surface area contributed by atoms with E-state index in [0.717, 1.165) is 35.3 Å². The number of benzene rings is 3. The molecule has 3 aliphatic rings. The largest absolute Gasteiger partial charge is 0.454 e. The van der Waals surface area contributed by atoms with Gasteiger partial charge in [0.15, 0.2) is 11.5 Å². The van der Waals surface area contributed by atoms with Crippen LogP contribution < -0.4 is 20.1 Å². The van der Waals surface area contributed by atoms with Crippen molar-refractivity contribution in [3.05, 3.63) is 83.2 Å². The summed E-state index contributed by atoms with van der Waals surface area (Å²) in [6, 6.07) is 18.9. The molecule has 1 saturated carbocycles. The highest BCUT2D eigenvalue weighted by atomic mass is 19.1. The lowest BCUT2D eigenvalue weighted by molar-refractivity contribution is -0.118. The third-order valence-electron chi connectivity index (χ3n) is 8.32. The molecule has 1 amide bonds. The van der Waals surface area contributed by atoms with Crippen LogP contribution in [0.3, 0.4) is 0 Å². The van der Waals surface area contributed by atoms with Gasteiger partial charge in [0.25, 0.3) is 0 Å². The van der Waals surface area contributed by atoms with Crippen molar-refractivity contribution in [3.8, 4) is 11.5 Å². The lowest BCUT2D eigenvalue weighted by Gasteiger charge is -2.40. The molecule has 2 heterocycles. The molecule has 192 valence electrons. The van der Waals surface area contributed by atoms with Crippen molar-refractivity contribution in [2.75, 3.05) is 17.4 Å². The molecule has 37 heavy (non-hydrogen) atoms. The maximum Gasteiger partial charge on any atom is 0.235 e. The molecule has 0 spiro atoms. The van der Waals surface area contributed by atoms with Gasteiger partial charge in [-0.05, 0) is 77.8 Å². The zero-order valence-corrected chi connectivity index (χ0v) is 21.8. The zero-order chi connectivity index (χ0) is 26.0. The smallest absolute Gasteiger partial charge is 0.235 e. The van der Waals surface area contributed by atoms with E-state index < -0.39 is 5.41 Å². The van der Waals surface area contributed by atoms with Crippen molar-refractivity contribution >= 4 is 17.3 Å². The van der Waals surface area contributed by atoms with Crippen molar-refractivity contribution in [2.24, 2.45) is 5.41 Å². The predicted octanol–water partition coefficient (Wildman–Crippen LogP) is 6.57. The standard InChI is InChI=1S/C31H33FN2O3/c1-29(2,3)27-30(4,17-19-7-5-6-8-23(19)32)22-16-21(10-11-24(22)34-27)33-28(35)31(13-14-31)20-9-12-25-26(15-20)37-18-36-25/h5-12,15-16,27,34H,13-14,17-18H2,1-4H3,(H,33,35). The number of carbonyl (C=O) groups is 1. The van der Waals surface area contributed by atoms with Crippen LogP contribution in [0.25, 0.3) is 0 Å². The molecule has 2 atom stereocenters. The number of ether oxygens (including phenoxy) is 2. The van der Waals surface area contributed by atoms with Gasteiger partial charge in [0.05, 0.1) is 5.41 Å². The summed E-state index contributed by atoms with van der Waals surface area (Å²) in [6.45, 7) is 9.04. The highest BCUT2D eigenvalue weighted by Gasteiger charge is 2.52. The molecular weight excluding hydrogens is 467 g/mol. The SMILES string of the molecule is CC(C)(C)C1Nc2ccc(NC(=O)C3(c4ccc5c(c4)OCO5)CC3)cc2C1(C)Cc1ccccc1F. The summed E-state index contributed by atoms with van der Waals surface area (Å²) >= 11 is 0. The second kappa shape index (κ2) is 8.23. The van der Waals surface area contributed by atoms with Crippen LogP contribution in [-0.2, 0) is 22.0 Å². The lowest BCUT2D eigenvalue weighted by atomic mass is 9.66. The van der Waals surface area contributed by atoms with Crippen molar-refractivity contribution in [1.29, 1.82) is 0 Å². The van der Waals surface area contributed by atoms with Crippen LogP contribution in [0.2, 0.25) is 0 Å². The molecule has 6 rings (SSSR count). The van der Waals surface area contributed by atoms with E-state index in [-0.39, 0.29) is 35.4 Å². The highest BCUT2D eigenvalue weighted by Crippen LogP contribution is 2.52. The van der Waals surface area contributed by atoms with Gasteiger partial charge in [-0.15, -0.1) is 0 Å². The number of rotatable bonds is 5. The van der Waals surface area contributed by atoms with Crippen LogP contribution in [0, 0.1) is 11.2 Å². The summed E-state index contributed by atoms with van der Waals surface area (Å²) in [6.07, 6.45) is 2.14. The number of carbonyl (C=O) groups excluding carboxylic acids is 1. The van der Waals surface area contributed by atoms with E-state index in [1.807, 2.05) is 42.5 Å². The summed E-state index contributed by atoms with van der Waals surface area (Å²) in [5.74, 6) is 1.21. The molecule has 2 unspecified atom stereocenters. The number of hydrogen-bond donors (Lipinski definition) is 2. The van der Waals surface area contributed by atoms with E-state index in [2.05, 4.69) is 44.4 Å². The summed E-state index contributed by atoms with van der Waals surface area (Å²) in [5, 5.41) is 6.91. The van der Waals surface area contributed by atoms with Gasteiger partial charge in [0.1, 0.15) is 5.82 Å². The average molecular weight is 501 g/mol. The average Bonchev–Trinajstić information content (AvgIpc) is 3.44. The fourth-order valence-corrected chi connectivity index (χ4v) is 6.31. The second-order valence-electron chi connectivity index (χ2n) is 12.0. The van der Waals surface area contributed by atoms with Gasteiger partial charge in [0.2, 0.25) is 12.7 Å². The van der Waals surface area contributed by atoms with Gasteiger partial charge in [-0.25, -0.2) is 4.39 Å². The monoisotopic (exact) mass is 500 g/mol. The Labute approximate surface area is 217 Å². The Balaban J connectivity index is 1.31. The van der Waals surface area contributed by atoms with Gasteiger partial charge >= 0.3 is 0 Å². The Morgan fingerprint density at radius 2 is 1.81 bits per heavy atom. The number of nitrogens with one attached hydrogen (secondary N) is 2. The van der Waals surface area contributed by atoms with E-state index in [1.165, 1.54) is 6.07 Å². The quantitative estimate of drug-likeness (QED) is 0.416. The maximum absolute atomic E-state index is 14.8. The molecule has 0 saturated heterocycles. The van der Waals surface area contributed by atoms with Crippen molar-refractivity contribution in [2.45, 2.75) is 63.8 Å². The first-order valence-electron chi connectivity index (χ1n) is 13.0. The fraction of sp³-hybridized carbons (Fsp3) is 0.387. The van der Waals surface area contributed by atoms with Crippen molar-refractivity contribution in [1.82, 2.24) is 0 Å². The van der Waals surface area contributed by atoms with Crippen LogP contribution in [-0.4, -0.2) is 18.7 Å². The first-order valence-corrected chi connectivity index (χ1v) is 13.0. The normalized spacial score (nSPS) is 22.8. The molecule has 3 aromatic rings. The Bertz CT molecular complexity index is 1390. The zero-order valence-electron chi connectivity index (χ0n) is 21.8. The van der Waals surface area contributed by atoms with E-state index in [0.29, 0.717) is 23.5 Å².